The molecule has 0 spiro atoms. The summed E-state index contributed by atoms with van der Waals surface area (Å²) in [6, 6.07) is 11.9. The molecule has 1 heterocycles. The maximum absolute atomic E-state index is 13.7. The van der Waals surface area contributed by atoms with E-state index in [4.69, 9.17) is 4.74 Å². The Labute approximate surface area is 177 Å². The highest BCUT2D eigenvalue weighted by atomic mass is 19.1. The van der Waals surface area contributed by atoms with E-state index in [2.05, 4.69) is 5.32 Å². The molecule has 0 atom stereocenters. The van der Waals surface area contributed by atoms with E-state index in [9.17, 15) is 14.0 Å². The van der Waals surface area contributed by atoms with Crippen molar-refractivity contribution in [1.29, 1.82) is 0 Å². The van der Waals surface area contributed by atoms with Gasteiger partial charge in [-0.15, -0.1) is 0 Å². The zero-order valence-corrected chi connectivity index (χ0v) is 17.6. The van der Waals surface area contributed by atoms with E-state index in [1.807, 2.05) is 36.9 Å². The number of benzene rings is 2. The van der Waals surface area contributed by atoms with Crippen molar-refractivity contribution in [2.45, 2.75) is 45.6 Å². The summed E-state index contributed by atoms with van der Waals surface area (Å²) in [5.41, 5.74) is 2.25. The van der Waals surface area contributed by atoms with Crippen molar-refractivity contribution in [3.63, 3.8) is 0 Å². The average molecular weight is 413 g/mol. The minimum absolute atomic E-state index is 0.0477. The molecular formula is C24H29FN2O3. The lowest BCUT2D eigenvalue weighted by atomic mass is 10.0. The fourth-order valence-electron chi connectivity index (χ4n) is 3.76. The van der Waals surface area contributed by atoms with Gasteiger partial charge < -0.3 is 15.0 Å². The maximum Gasteiger partial charge on any atom is 0.254 e. The van der Waals surface area contributed by atoms with Crippen molar-refractivity contribution >= 4 is 11.8 Å². The monoisotopic (exact) mass is 412 g/mol. The van der Waals surface area contributed by atoms with Gasteiger partial charge in [-0.1, -0.05) is 30.3 Å². The maximum atomic E-state index is 13.7. The molecule has 1 saturated heterocycles. The standard InChI is InChI=1S/C24H29FN2O3/c1-17-7-5-8-18(2)23(17)30-16-6-11-22(28)27-14-12-19(13-15-27)26-24(29)20-9-3-4-10-21(20)25/h3-5,7-10,19H,6,11-16H2,1-2H3,(H,26,29). The molecule has 3 rings (SSSR count). The minimum Gasteiger partial charge on any atom is -0.493 e. The zero-order chi connectivity index (χ0) is 21.5. The van der Waals surface area contributed by atoms with Gasteiger partial charge in [0.25, 0.3) is 5.91 Å². The van der Waals surface area contributed by atoms with Crippen LogP contribution < -0.4 is 10.1 Å². The summed E-state index contributed by atoms with van der Waals surface area (Å²) in [6.07, 6.45) is 2.45. The van der Waals surface area contributed by atoms with Crippen molar-refractivity contribution in [3.05, 3.63) is 65.0 Å². The van der Waals surface area contributed by atoms with Crippen molar-refractivity contribution in [2.24, 2.45) is 0 Å². The third-order valence-corrected chi connectivity index (χ3v) is 5.49. The first-order chi connectivity index (χ1) is 14.5. The number of hydrogen-bond donors (Lipinski definition) is 1. The normalized spacial score (nSPS) is 14.4. The molecule has 0 aliphatic carbocycles. The number of piperidine rings is 1. The third kappa shape index (κ3) is 5.59. The van der Waals surface area contributed by atoms with Crippen LogP contribution in [0, 0.1) is 19.7 Å². The van der Waals surface area contributed by atoms with Gasteiger partial charge in [-0.25, -0.2) is 4.39 Å². The van der Waals surface area contributed by atoms with E-state index < -0.39 is 11.7 Å². The van der Waals surface area contributed by atoms with Gasteiger partial charge in [-0.2, -0.15) is 0 Å². The molecule has 0 bridgehead atoms. The topological polar surface area (TPSA) is 58.6 Å². The van der Waals surface area contributed by atoms with Crippen LogP contribution in [0.3, 0.4) is 0 Å². The van der Waals surface area contributed by atoms with Crippen molar-refractivity contribution in [2.75, 3.05) is 19.7 Å². The Bertz CT molecular complexity index is 872. The lowest BCUT2D eigenvalue weighted by Crippen LogP contribution is -2.46. The molecule has 0 aromatic heterocycles. The van der Waals surface area contributed by atoms with Gasteiger partial charge in [0.2, 0.25) is 5.91 Å². The molecule has 5 nitrogen and oxygen atoms in total. The molecule has 0 radical (unpaired) electrons. The summed E-state index contributed by atoms with van der Waals surface area (Å²) in [5, 5.41) is 2.88. The molecular weight excluding hydrogens is 383 g/mol. The number of nitrogens with one attached hydrogen (secondary N) is 1. The number of carbonyl (C=O) groups excluding carboxylic acids is 2. The summed E-state index contributed by atoms with van der Waals surface area (Å²) in [6.45, 7) is 5.73. The number of nitrogens with zero attached hydrogens (tertiary/aromatic N) is 1. The number of amides is 2. The van der Waals surface area contributed by atoms with Crippen LogP contribution in [0.4, 0.5) is 4.39 Å². The highest BCUT2D eigenvalue weighted by Crippen LogP contribution is 2.22. The van der Waals surface area contributed by atoms with Gasteiger partial charge in [0.15, 0.2) is 0 Å². The Hall–Kier alpha value is -2.89. The van der Waals surface area contributed by atoms with Crippen LogP contribution in [0.15, 0.2) is 42.5 Å². The number of para-hydroxylation sites is 1. The van der Waals surface area contributed by atoms with Gasteiger partial charge in [0.05, 0.1) is 12.2 Å². The number of aryl methyl sites for hydroxylation is 2. The number of rotatable bonds is 7. The van der Waals surface area contributed by atoms with Crippen LogP contribution in [-0.4, -0.2) is 42.5 Å². The molecule has 1 aliphatic rings. The quantitative estimate of drug-likeness (QED) is 0.699. The average Bonchev–Trinajstić information content (AvgIpc) is 2.73. The van der Waals surface area contributed by atoms with Crippen LogP contribution in [0.25, 0.3) is 0 Å². The van der Waals surface area contributed by atoms with Gasteiger partial charge >= 0.3 is 0 Å². The molecule has 1 aliphatic heterocycles. The Morgan fingerprint density at radius 1 is 1.07 bits per heavy atom. The smallest absolute Gasteiger partial charge is 0.254 e. The molecule has 30 heavy (non-hydrogen) atoms. The zero-order valence-electron chi connectivity index (χ0n) is 17.6. The predicted molar refractivity (Wildman–Crippen MR) is 114 cm³/mol. The summed E-state index contributed by atoms with van der Waals surface area (Å²) in [4.78, 5) is 26.6. The first kappa shape index (κ1) is 21.8. The number of ether oxygens (including phenoxy) is 1. The van der Waals surface area contributed by atoms with Crippen molar-refractivity contribution in [3.8, 4) is 5.75 Å². The van der Waals surface area contributed by atoms with E-state index in [1.54, 1.807) is 12.1 Å². The number of halogens is 1. The van der Waals surface area contributed by atoms with Gasteiger partial charge in [-0.3, -0.25) is 9.59 Å². The van der Waals surface area contributed by atoms with Crippen molar-refractivity contribution in [1.82, 2.24) is 10.2 Å². The fraction of sp³-hybridized carbons (Fsp3) is 0.417. The number of hydrogen-bond acceptors (Lipinski definition) is 3. The molecule has 2 amide bonds. The number of likely N-dealkylation sites (tertiary alicyclic amines) is 1. The summed E-state index contributed by atoms with van der Waals surface area (Å²) in [5.74, 6) is 0.0857. The molecule has 0 unspecified atom stereocenters. The van der Waals surface area contributed by atoms with E-state index >= 15 is 0 Å². The Morgan fingerprint density at radius 3 is 2.40 bits per heavy atom. The SMILES string of the molecule is Cc1cccc(C)c1OCCCC(=O)N1CCC(NC(=O)c2ccccc2F)CC1. The third-order valence-electron chi connectivity index (χ3n) is 5.49. The molecule has 6 heteroatoms. The molecule has 2 aromatic carbocycles. The van der Waals surface area contributed by atoms with E-state index in [0.717, 1.165) is 16.9 Å². The Morgan fingerprint density at radius 2 is 1.73 bits per heavy atom. The van der Waals surface area contributed by atoms with Gasteiger partial charge in [0.1, 0.15) is 11.6 Å². The second-order valence-electron chi connectivity index (χ2n) is 7.78. The molecule has 160 valence electrons. The summed E-state index contributed by atoms with van der Waals surface area (Å²) < 4.78 is 19.6. The van der Waals surface area contributed by atoms with Gasteiger partial charge in [0, 0.05) is 25.6 Å². The first-order valence-corrected chi connectivity index (χ1v) is 10.5. The van der Waals surface area contributed by atoms with Crippen LogP contribution in [0.1, 0.15) is 47.2 Å². The Kier molecular flexibility index (Phi) is 7.44. The second kappa shape index (κ2) is 10.2. The second-order valence-corrected chi connectivity index (χ2v) is 7.78. The van der Waals surface area contributed by atoms with E-state index in [1.165, 1.54) is 12.1 Å². The fourth-order valence-corrected chi connectivity index (χ4v) is 3.76. The minimum atomic E-state index is -0.522. The van der Waals surface area contributed by atoms with Gasteiger partial charge in [-0.05, 0) is 56.4 Å². The van der Waals surface area contributed by atoms with Crippen LogP contribution in [0.2, 0.25) is 0 Å². The molecule has 1 fully saturated rings. The van der Waals surface area contributed by atoms with Crippen molar-refractivity contribution < 1.29 is 18.7 Å². The van der Waals surface area contributed by atoms with Crippen LogP contribution in [0.5, 0.6) is 5.75 Å². The Balaban J connectivity index is 1.38. The molecule has 1 N–H and O–H groups in total. The largest absolute Gasteiger partial charge is 0.493 e. The van der Waals surface area contributed by atoms with Crippen LogP contribution >= 0.6 is 0 Å². The lowest BCUT2D eigenvalue weighted by molar-refractivity contribution is -0.132. The predicted octanol–water partition coefficient (Wildman–Crippen LogP) is 4.02. The van der Waals surface area contributed by atoms with E-state index in [0.29, 0.717) is 45.4 Å². The van der Waals surface area contributed by atoms with E-state index in [-0.39, 0.29) is 17.5 Å². The highest BCUT2D eigenvalue weighted by molar-refractivity contribution is 5.94. The lowest BCUT2D eigenvalue weighted by Gasteiger charge is -2.32. The number of carbonyl (C=O) groups is 2. The van der Waals surface area contributed by atoms with Crippen LogP contribution in [-0.2, 0) is 4.79 Å². The first-order valence-electron chi connectivity index (χ1n) is 10.5. The molecule has 2 aromatic rings. The molecule has 0 saturated carbocycles. The summed E-state index contributed by atoms with van der Waals surface area (Å²) in [7, 11) is 0. The highest BCUT2D eigenvalue weighted by Gasteiger charge is 2.24. The summed E-state index contributed by atoms with van der Waals surface area (Å²) >= 11 is 0.